The first-order valence-electron chi connectivity index (χ1n) is 22.0. The fourth-order valence-corrected chi connectivity index (χ4v) is 10.2. The number of halogens is 4. The van der Waals surface area contributed by atoms with Crippen LogP contribution in [0.15, 0.2) is 59.9 Å². The number of carbonyl (C=O) groups is 4. The van der Waals surface area contributed by atoms with E-state index in [-0.39, 0.29) is 64.6 Å². The normalized spacial score (nSPS) is 19.5. The number of imide groups is 2. The van der Waals surface area contributed by atoms with Crippen molar-refractivity contribution in [1.29, 1.82) is 0 Å². The molecule has 1 atom stereocenters. The van der Waals surface area contributed by atoms with Crippen molar-refractivity contribution in [2.75, 3.05) is 63.0 Å². The Morgan fingerprint density at radius 3 is 2.24 bits per heavy atom. The summed E-state index contributed by atoms with van der Waals surface area (Å²) >= 11 is 0. The van der Waals surface area contributed by atoms with Crippen molar-refractivity contribution in [3.8, 4) is 11.3 Å². The second-order valence-corrected chi connectivity index (χ2v) is 19.9. The number of nitrogens with zero attached hydrogens (tertiary/aromatic N) is 7. The number of hydrogen-bond donors (Lipinski definition) is 5. The summed E-state index contributed by atoms with van der Waals surface area (Å²) in [5, 5.41) is 22.2. The number of amides is 4. The molecule has 1 unspecified atom stereocenters. The molecule has 4 amide bonds. The third-order valence-electron chi connectivity index (χ3n) is 12.8. The summed E-state index contributed by atoms with van der Waals surface area (Å²) in [7, 11) is -4.12. The Balaban J connectivity index is 0.780. The Morgan fingerprint density at radius 2 is 1.60 bits per heavy atom. The SMILES string of the molecule is CC(C)(O)Cn1cc(-c2nc(Nc3ccc(S(=O)(=O)NCCN4CCC5(CCN(CCNc6cccc7c6C(=O)N(C6CCC(=O)NC6=O)C7=O)CC5)CC4)cc3F)ncc2C(F)(F)F)cn1. The number of aliphatic hydroxyl groups is 1. The third-order valence-corrected chi connectivity index (χ3v) is 14.3. The first-order chi connectivity index (χ1) is 31.7. The number of hydrogen-bond acceptors (Lipinski definition) is 14. The van der Waals surface area contributed by atoms with Gasteiger partial charge in [-0.25, -0.2) is 27.5 Å². The van der Waals surface area contributed by atoms with E-state index in [1.165, 1.54) is 30.8 Å². The van der Waals surface area contributed by atoms with Crippen LogP contribution in [0.3, 0.4) is 0 Å². The minimum absolute atomic E-state index is 0.00168. The number of anilines is 3. The molecule has 0 saturated carbocycles. The molecule has 2 aromatic heterocycles. The summed E-state index contributed by atoms with van der Waals surface area (Å²) in [6, 6.07) is 7.07. The largest absolute Gasteiger partial charge is 0.419 e. The molecule has 0 bridgehead atoms. The number of carbonyl (C=O) groups excluding carboxylic acids is 4. The zero-order chi connectivity index (χ0) is 47.9. The second kappa shape index (κ2) is 18.7. The van der Waals surface area contributed by atoms with E-state index < -0.39 is 68.5 Å². The van der Waals surface area contributed by atoms with Gasteiger partial charge in [0.25, 0.3) is 11.8 Å². The van der Waals surface area contributed by atoms with Crippen LogP contribution in [0.2, 0.25) is 0 Å². The maximum atomic E-state index is 15.3. The smallest absolute Gasteiger partial charge is 0.389 e. The Bertz CT molecular complexity index is 2670. The molecular formula is C44H51F4N11O7S. The van der Waals surface area contributed by atoms with E-state index >= 15 is 4.39 Å². The Morgan fingerprint density at radius 1 is 0.910 bits per heavy atom. The summed E-state index contributed by atoms with van der Waals surface area (Å²) in [5.74, 6) is -3.57. The van der Waals surface area contributed by atoms with Crippen molar-refractivity contribution in [2.45, 2.75) is 81.6 Å². The molecule has 5 N–H and O–H groups in total. The Labute approximate surface area is 383 Å². The van der Waals surface area contributed by atoms with E-state index in [1.807, 2.05) is 0 Å². The minimum atomic E-state index is -4.83. The molecule has 358 valence electrons. The predicted molar refractivity (Wildman–Crippen MR) is 235 cm³/mol. The third kappa shape index (κ3) is 10.6. The zero-order valence-corrected chi connectivity index (χ0v) is 37.6. The van der Waals surface area contributed by atoms with Crippen molar-refractivity contribution in [1.82, 2.24) is 44.5 Å². The van der Waals surface area contributed by atoms with Crippen LogP contribution in [0, 0.1) is 11.2 Å². The molecule has 4 aliphatic rings. The highest BCUT2D eigenvalue weighted by molar-refractivity contribution is 7.89. The Kier molecular flexibility index (Phi) is 13.3. The van der Waals surface area contributed by atoms with Gasteiger partial charge in [0.15, 0.2) is 0 Å². The summed E-state index contributed by atoms with van der Waals surface area (Å²) < 4.78 is 87.2. The van der Waals surface area contributed by atoms with Crippen molar-refractivity contribution >= 4 is 51.0 Å². The molecule has 4 aliphatic heterocycles. The number of nitrogens with one attached hydrogen (secondary N) is 4. The van der Waals surface area contributed by atoms with Crippen LogP contribution in [0.25, 0.3) is 11.3 Å². The van der Waals surface area contributed by atoms with Crippen LogP contribution >= 0.6 is 0 Å². The Hall–Kier alpha value is -5.88. The topological polar surface area (TPSA) is 224 Å². The highest BCUT2D eigenvalue weighted by atomic mass is 32.2. The van der Waals surface area contributed by atoms with E-state index in [4.69, 9.17) is 0 Å². The summed E-state index contributed by atoms with van der Waals surface area (Å²) in [5.41, 5.74) is -2.01. The van der Waals surface area contributed by atoms with Gasteiger partial charge in [-0.1, -0.05) is 6.07 Å². The van der Waals surface area contributed by atoms with Crippen molar-refractivity contribution in [2.24, 2.45) is 5.41 Å². The zero-order valence-electron chi connectivity index (χ0n) is 36.8. The van der Waals surface area contributed by atoms with E-state index in [9.17, 15) is 45.9 Å². The van der Waals surface area contributed by atoms with E-state index in [2.05, 4.69) is 45.5 Å². The number of aromatic nitrogens is 4. The van der Waals surface area contributed by atoms with E-state index in [1.54, 1.807) is 18.2 Å². The standard InChI is InChI=1S/C44H51F4N11O7S/c1-42(2,64)26-58-25-27(23-51-58)37-30(44(46,47)48)24-50-41(55-37)53-32-7-6-28(22-31(32)45)67(65,66)52-15-21-57-18-12-43(13-19-57)10-16-56(17-11-43)20-14-49-33-5-3-4-29-36(33)40(63)59(39(29)62)34-8-9-35(60)54-38(34)61/h3-7,22-25,34,49,52,64H,8-21,26H2,1-2H3,(H,50,53,55)(H,54,60,61). The number of piperidine rings is 3. The average Bonchev–Trinajstić information content (AvgIpc) is 3.83. The molecule has 18 nitrogen and oxygen atoms in total. The molecule has 0 radical (unpaired) electrons. The average molecular weight is 954 g/mol. The van der Waals surface area contributed by atoms with Gasteiger partial charge < -0.3 is 25.5 Å². The molecule has 3 saturated heterocycles. The van der Waals surface area contributed by atoms with Crippen molar-refractivity contribution in [3.63, 3.8) is 0 Å². The minimum Gasteiger partial charge on any atom is -0.389 e. The molecule has 1 spiro atoms. The lowest BCUT2D eigenvalue weighted by Gasteiger charge is -2.47. The molecule has 4 aromatic rings. The van der Waals surface area contributed by atoms with E-state index in [0.29, 0.717) is 31.5 Å². The second-order valence-electron chi connectivity index (χ2n) is 18.1. The quantitative estimate of drug-likeness (QED) is 0.0841. The van der Waals surface area contributed by atoms with Gasteiger partial charge in [0, 0.05) is 56.2 Å². The van der Waals surface area contributed by atoms with Gasteiger partial charge in [0.1, 0.15) is 17.4 Å². The lowest BCUT2D eigenvalue weighted by molar-refractivity contribution is -0.138. The summed E-state index contributed by atoms with van der Waals surface area (Å²) in [6.07, 6.45) is 2.23. The number of benzene rings is 2. The molecule has 3 fully saturated rings. The van der Waals surface area contributed by atoms with Gasteiger partial charge in [-0.05, 0) is 108 Å². The van der Waals surface area contributed by atoms with Gasteiger partial charge in [0.2, 0.25) is 27.8 Å². The van der Waals surface area contributed by atoms with Crippen LogP contribution in [0.1, 0.15) is 78.7 Å². The van der Waals surface area contributed by atoms with Gasteiger partial charge in [0.05, 0.1) is 45.7 Å². The fourth-order valence-electron chi connectivity index (χ4n) is 9.16. The summed E-state index contributed by atoms with van der Waals surface area (Å²) in [4.78, 5) is 63.6. The predicted octanol–water partition coefficient (Wildman–Crippen LogP) is 3.98. The van der Waals surface area contributed by atoms with Gasteiger partial charge in [-0.3, -0.25) is 34.1 Å². The fraction of sp³-hybridized carbons (Fsp3) is 0.477. The summed E-state index contributed by atoms with van der Waals surface area (Å²) in [6.45, 7) is 8.15. The van der Waals surface area contributed by atoms with E-state index in [0.717, 1.165) is 75.1 Å². The number of fused-ring (bicyclic) bond motifs is 1. The first kappa shape index (κ1) is 47.6. The van der Waals surface area contributed by atoms with Crippen LogP contribution in [0.5, 0.6) is 0 Å². The highest BCUT2D eigenvalue weighted by Crippen LogP contribution is 2.41. The van der Waals surface area contributed by atoms with Gasteiger partial charge in [-0.15, -0.1) is 0 Å². The first-order valence-corrected chi connectivity index (χ1v) is 23.5. The lowest BCUT2D eigenvalue weighted by atomic mass is 9.71. The molecule has 67 heavy (non-hydrogen) atoms. The number of rotatable bonds is 15. The van der Waals surface area contributed by atoms with Crippen LogP contribution in [0.4, 0.5) is 34.9 Å². The van der Waals surface area contributed by atoms with Crippen LogP contribution < -0.4 is 20.7 Å². The van der Waals surface area contributed by atoms with Crippen LogP contribution in [-0.2, 0) is 32.3 Å². The molecular weight excluding hydrogens is 903 g/mol. The molecule has 8 rings (SSSR count). The van der Waals surface area contributed by atoms with Crippen molar-refractivity contribution < 1.29 is 50.3 Å². The van der Waals surface area contributed by atoms with Gasteiger partial charge >= 0.3 is 6.18 Å². The molecule has 2 aromatic carbocycles. The van der Waals surface area contributed by atoms with Gasteiger partial charge in [-0.2, -0.15) is 18.3 Å². The number of alkyl halides is 3. The highest BCUT2D eigenvalue weighted by Gasteiger charge is 2.46. The lowest BCUT2D eigenvalue weighted by Crippen LogP contribution is -2.54. The van der Waals surface area contributed by atoms with Crippen LogP contribution in [-0.4, -0.2) is 136 Å². The number of sulfonamides is 1. The molecule has 23 heteroatoms. The maximum Gasteiger partial charge on any atom is 0.419 e. The number of likely N-dealkylation sites (tertiary alicyclic amines) is 2. The molecule has 0 aliphatic carbocycles. The molecule has 6 heterocycles. The monoisotopic (exact) mass is 953 g/mol. The van der Waals surface area contributed by atoms with Crippen molar-refractivity contribution in [3.05, 3.63) is 77.5 Å². The maximum absolute atomic E-state index is 15.3.